The minimum atomic E-state index is -0.300. The molecule has 116 valence electrons. The molecule has 0 fully saturated rings. The average molecular weight is 295 g/mol. The van der Waals surface area contributed by atoms with Gasteiger partial charge in [0.2, 0.25) is 0 Å². The topological polar surface area (TPSA) is 81.2 Å². The molecular formula is C14H21N3O4. The van der Waals surface area contributed by atoms with E-state index in [1.807, 2.05) is 18.2 Å². The molecule has 7 heteroatoms. The lowest BCUT2D eigenvalue weighted by molar-refractivity contribution is -0.110. The van der Waals surface area contributed by atoms with Crippen LogP contribution in [0.1, 0.15) is 6.92 Å². The van der Waals surface area contributed by atoms with Gasteiger partial charge in [0.1, 0.15) is 12.3 Å². The Morgan fingerprint density at radius 2 is 1.95 bits per heavy atom. The molecule has 0 saturated heterocycles. The lowest BCUT2D eigenvalue weighted by Gasteiger charge is -2.06. The molecule has 1 amide bonds. The van der Waals surface area contributed by atoms with E-state index in [0.29, 0.717) is 32.1 Å². The van der Waals surface area contributed by atoms with Gasteiger partial charge < -0.3 is 14.9 Å². The van der Waals surface area contributed by atoms with E-state index >= 15 is 0 Å². The number of ether oxygens (including phenoxy) is 1. The lowest BCUT2D eigenvalue weighted by atomic mass is 10.3. The first-order valence-corrected chi connectivity index (χ1v) is 6.60. The summed E-state index contributed by atoms with van der Waals surface area (Å²) >= 11 is 0. The molecule has 0 heterocycles. The molecule has 0 bridgehead atoms. The second kappa shape index (κ2) is 10.8. The van der Waals surface area contributed by atoms with Crippen molar-refractivity contribution in [2.45, 2.75) is 6.92 Å². The van der Waals surface area contributed by atoms with Gasteiger partial charge in [0.15, 0.2) is 0 Å². The quantitative estimate of drug-likeness (QED) is 0.385. The number of anilines is 1. The predicted octanol–water partition coefficient (Wildman–Crippen LogP) is 1.19. The maximum Gasteiger partial charge on any atom is 0.273 e. The van der Waals surface area contributed by atoms with Gasteiger partial charge in [-0.3, -0.25) is 9.63 Å². The number of hydrogen-bond acceptors (Lipinski definition) is 6. The van der Waals surface area contributed by atoms with E-state index in [2.05, 4.69) is 16.0 Å². The number of oxime groups is 1. The van der Waals surface area contributed by atoms with Crippen molar-refractivity contribution in [3.63, 3.8) is 0 Å². The van der Waals surface area contributed by atoms with Crippen molar-refractivity contribution in [2.24, 2.45) is 5.16 Å². The average Bonchev–Trinajstić information content (AvgIpc) is 2.50. The number of benzene rings is 1. The van der Waals surface area contributed by atoms with E-state index in [1.165, 1.54) is 0 Å². The van der Waals surface area contributed by atoms with Gasteiger partial charge in [-0.25, -0.2) is 0 Å². The Kier molecular flexibility index (Phi) is 8.78. The summed E-state index contributed by atoms with van der Waals surface area (Å²) in [7, 11) is 1.60. The van der Waals surface area contributed by atoms with Gasteiger partial charge >= 0.3 is 0 Å². The Morgan fingerprint density at radius 1 is 1.19 bits per heavy atom. The van der Waals surface area contributed by atoms with E-state index in [-0.39, 0.29) is 11.6 Å². The Morgan fingerprint density at radius 3 is 2.67 bits per heavy atom. The number of hydrogen-bond donors (Lipinski definition) is 2. The van der Waals surface area contributed by atoms with Crippen LogP contribution >= 0.6 is 0 Å². The number of para-hydroxylation sites is 1. The SMILES string of the molecule is COCCONCCO/N=C(\C)C(=O)Nc1ccccc1. The summed E-state index contributed by atoms with van der Waals surface area (Å²) in [6.45, 7) is 3.31. The summed E-state index contributed by atoms with van der Waals surface area (Å²) in [5.41, 5.74) is 3.65. The van der Waals surface area contributed by atoms with Crippen molar-refractivity contribution < 1.29 is 19.2 Å². The first-order valence-electron chi connectivity index (χ1n) is 6.60. The van der Waals surface area contributed by atoms with Crippen molar-refractivity contribution in [3.05, 3.63) is 30.3 Å². The number of carbonyl (C=O) groups excluding carboxylic acids is 1. The summed E-state index contributed by atoms with van der Waals surface area (Å²) in [5, 5.41) is 6.45. The first-order chi connectivity index (χ1) is 10.2. The molecule has 0 aromatic heterocycles. The van der Waals surface area contributed by atoms with Crippen LogP contribution in [0, 0.1) is 0 Å². The summed E-state index contributed by atoms with van der Waals surface area (Å²) in [4.78, 5) is 21.8. The zero-order valence-electron chi connectivity index (χ0n) is 12.3. The molecule has 7 nitrogen and oxygen atoms in total. The van der Waals surface area contributed by atoms with Crippen molar-refractivity contribution in [1.82, 2.24) is 5.48 Å². The highest BCUT2D eigenvalue weighted by atomic mass is 16.7. The molecule has 0 spiro atoms. The van der Waals surface area contributed by atoms with Crippen molar-refractivity contribution in [2.75, 3.05) is 38.8 Å². The summed E-state index contributed by atoms with van der Waals surface area (Å²) in [6, 6.07) is 9.16. The smallest absolute Gasteiger partial charge is 0.273 e. The van der Waals surface area contributed by atoms with Gasteiger partial charge in [0.05, 0.1) is 19.8 Å². The molecule has 0 atom stereocenters. The highest BCUT2D eigenvalue weighted by Crippen LogP contribution is 2.04. The Bertz CT molecular complexity index is 437. The molecule has 0 aliphatic carbocycles. The Labute approximate surface area is 124 Å². The number of rotatable bonds is 10. The van der Waals surface area contributed by atoms with Crippen LogP contribution in [-0.4, -0.2) is 45.1 Å². The van der Waals surface area contributed by atoms with Gasteiger partial charge in [-0.05, 0) is 19.1 Å². The summed E-state index contributed by atoms with van der Waals surface area (Å²) in [6.07, 6.45) is 0. The highest BCUT2D eigenvalue weighted by Gasteiger charge is 2.06. The van der Waals surface area contributed by atoms with Gasteiger partial charge in [0, 0.05) is 12.8 Å². The van der Waals surface area contributed by atoms with Gasteiger partial charge in [-0.15, -0.1) is 0 Å². The molecule has 0 unspecified atom stereocenters. The van der Waals surface area contributed by atoms with Crippen molar-refractivity contribution in [3.8, 4) is 0 Å². The maximum absolute atomic E-state index is 11.8. The first kappa shape index (κ1) is 17.1. The fourth-order valence-electron chi connectivity index (χ4n) is 1.28. The largest absolute Gasteiger partial charge is 0.394 e. The minimum absolute atomic E-state index is 0.249. The number of methoxy groups -OCH3 is 1. The second-order valence-electron chi connectivity index (χ2n) is 4.07. The standard InChI is InChI=1S/C14H21N3O4/c1-12(14(18)16-13-6-4-3-5-7-13)17-21-9-8-15-20-11-10-19-2/h3-7,15H,8-11H2,1-2H3,(H,16,18)/b17-12+. The van der Waals surface area contributed by atoms with Crippen molar-refractivity contribution in [1.29, 1.82) is 0 Å². The zero-order chi connectivity index (χ0) is 15.3. The molecule has 0 radical (unpaired) electrons. The van der Waals surface area contributed by atoms with Crippen LogP contribution in [0.15, 0.2) is 35.5 Å². The minimum Gasteiger partial charge on any atom is -0.394 e. The highest BCUT2D eigenvalue weighted by molar-refractivity contribution is 6.42. The molecule has 1 aromatic carbocycles. The molecule has 1 aromatic rings. The van der Waals surface area contributed by atoms with Crippen LogP contribution in [0.5, 0.6) is 0 Å². The maximum atomic E-state index is 11.8. The van der Waals surface area contributed by atoms with E-state index in [9.17, 15) is 4.79 Å². The lowest BCUT2D eigenvalue weighted by Crippen LogP contribution is -2.23. The van der Waals surface area contributed by atoms with Crippen LogP contribution < -0.4 is 10.8 Å². The van der Waals surface area contributed by atoms with Crippen LogP contribution in [0.4, 0.5) is 5.69 Å². The number of hydroxylamine groups is 1. The summed E-state index contributed by atoms with van der Waals surface area (Å²) < 4.78 is 4.81. The molecule has 0 aliphatic heterocycles. The van der Waals surface area contributed by atoms with E-state index in [0.717, 1.165) is 0 Å². The zero-order valence-corrected chi connectivity index (χ0v) is 12.3. The van der Waals surface area contributed by atoms with Gasteiger partial charge in [-0.2, -0.15) is 5.48 Å². The fraction of sp³-hybridized carbons (Fsp3) is 0.429. The molecule has 1 rings (SSSR count). The van der Waals surface area contributed by atoms with Crippen LogP contribution in [0.2, 0.25) is 0 Å². The number of amides is 1. The third-order valence-corrected chi connectivity index (χ3v) is 2.35. The van der Waals surface area contributed by atoms with Gasteiger partial charge in [0.25, 0.3) is 5.91 Å². The molecular weight excluding hydrogens is 274 g/mol. The van der Waals surface area contributed by atoms with E-state index < -0.39 is 0 Å². The predicted molar refractivity (Wildman–Crippen MR) is 80.0 cm³/mol. The number of carbonyl (C=O) groups is 1. The molecule has 0 aliphatic rings. The van der Waals surface area contributed by atoms with Crippen molar-refractivity contribution >= 4 is 17.3 Å². The Balaban J connectivity index is 2.16. The molecule has 0 saturated carbocycles. The van der Waals surface area contributed by atoms with Crippen LogP contribution in [-0.2, 0) is 19.2 Å². The third kappa shape index (κ3) is 8.03. The normalized spacial score (nSPS) is 11.2. The van der Waals surface area contributed by atoms with Crippen LogP contribution in [0.25, 0.3) is 0 Å². The number of nitrogens with one attached hydrogen (secondary N) is 2. The molecule has 21 heavy (non-hydrogen) atoms. The monoisotopic (exact) mass is 295 g/mol. The van der Waals surface area contributed by atoms with E-state index in [1.54, 1.807) is 26.2 Å². The number of nitrogens with zero attached hydrogens (tertiary/aromatic N) is 1. The third-order valence-electron chi connectivity index (χ3n) is 2.35. The van der Waals surface area contributed by atoms with Crippen LogP contribution in [0.3, 0.4) is 0 Å². The summed E-state index contributed by atoms with van der Waals surface area (Å²) in [5.74, 6) is -0.300. The van der Waals surface area contributed by atoms with Gasteiger partial charge in [-0.1, -0.05) is 23.4 Å². The second-order valence-corrected chi connectivity index (χ2v) is 4.07. The molecule has 2 N–H and O–H groups in total. The fourth-order valence-corrected chi connectivity index (χ4v) is 1.28. The Hall–Kier alpha value is -1.96. The van der Waals surface area contributed by atoms with E-state index in [4.69, 9.17) is 14.4 Å².